The number of carbonyl (C=O) groups is 1. The molecule has 4 nitrogen and oxygen atoms in total. The predicted molar refractivity (Wildman–Crippen MR) is 87.9 cm³/mol. The summed E-state index contributed by atoms with van der Waals surface area (Å²) in [4.78, 5) is 17.0. The fraction of sp³-hybridized carbons (Fsp3) is 0.444. The molecule has 0 saturated heterocycles. The lowest BCUT2D eigenvalue weighted by Crippen LogP contribution is -2.36. The summed E-state index contributed by atoms with van der Waals surface area (Å²) in [6.45, 7) is 7.87. The minimum absolute atomic E-state index is 0.0402. The first kappa shape index (κ1) is 19.0. The third-order valence-corrected chi connectivity index (χ3v) is 3.57. The number of rotatable bonds is 3. The van der Waals surface area contributed by atoms with Crippen LogP contribution >= 0.6 is 0 Å². The summed E-state index contributed by atoms with van der Waals surface area (Å²) in [7, 11) is 0. The fourth-order valence-electron chi connectivity index (χ4n) is 2.59. The van der Waals surface area contributed by atoms with Crippen molar-refractivity contribution in [3.05, 3.63) is 41.5 Å². The highest BCUT2D eigenvalue weighted by Gasteiger charge is 2.50. The number of hydrogen-bond donors (Lipinski definition) is 0. The smallest absolute Gasteiger partial charge is 0.416 e. The van der Waals surface area contributed by atoms with E-state index in [1.54, 1.807) is 26.8 Å². The first-order chi connectivity index (χ1) is 11.4. The van der Waals surface area contributed by atoms with E-state index < -0.39 is 28.9 Å². The van der Waals surface area contributed by atoms with Gasteiger partial charge in [0.25, 0.3) is 0 Å². The molecule has 1 aromatic rings. The maximum absolute atomic E-state index is 13.5. The zero-order valence-corrected chi connectivity index (χ0v) is 14.7. The normalized spacial score (nSPS) is 20.8. The highest BCUT2D eigenvalue weighted by molar-refractivity contribution is 6.01. The number of alkyl halides is 3. The van der Waals surface area contributed by atoms with E-state index in [1.165, 1.54) is 25.1 Å². The van der Waals surface area contributed by atoms with Crippen LogP contribution in [0, 0.1) is 0 Å². The third-order valence-electron chi connectivity index (χ3n) is 3.57. The molecule has 136 valence electrons. The number of ether oxygens (including phenoxy) is 1. The molecule has 0 N–H and O–H groups in total. The van der Waals surface area contributed by atoms with Crippen molar-refractivity contribution >= 4 is 17.3 Å². The van der Waals surface area contributed by atoms with Crippen molar-refractivity contribution in [1.82, 2.24) is 0 Å². The van der Waals surface area contributed by atoms with Gasteiger partial charge in [-0.3, -0.25) is 4.79 Å². The molecule has 0 aromatic heterocycles. The largest absolute Gasteiger partial charge is 0.444 e. The summed E-state index contributed by atoms with van der Waals surface area (Å²) < 4.78 is 45.8. The molecule has 0 bridgehead atoms. The number of esters is 1. The lowest BCUT2D eigenvalue weighted by molar-refractivity contribution is -0.148. The lowest BCUT2D eigenvalue weighted by Gasteiger charge is -2.29. The summed E-state index contributed by atoms with van der Waals surface area (Å²) in [5, 5.41) is 3.95. The van der Waals surface area contributed by atoms with Crippen molar-refractivity contribution in [2.75, 3.05) is 0 Å². The van der Waals surface area contributed by atoms with Crippen LogP contribution in [0.4, 0.5) is 13.2 Å². The molecule has 0 amide bonds. The Morgan fingerprint density at radius 1 is 1.12 bits per heavy atom. The topological polar surface area (TPSA) is 47.9 Å². The first-order valence-corrected chi connectivity index (χ1v) is 7.69. The number of oxime groups is 1. The second-order valence-electron chi connectivity index (χ2n) is 6.81. The molecule has 0 saturated carbocycles. The van der Waals surface area contributed by atoms with Gasteiger partial charge in [-0.15, -0.1) is 0 Å². The van der Waals surface area contributed by atoms with E-state index in [4.69, 9.17) is 9.57 Å². The lowest BCUT2D eigenvalue weighted by atomic mass is 9.91. The molecular weight excluding hydrogens is 335 g/mol. The Labute approximate surface area is 144 Å². The van der Waals surface area contributed by atoms with Gasteiger partial charge in [-0.1, -0.05) is 29.4 Å². The molecule has 0 heterocycles. The molecule has 1 atom stereocenters. The number of allylic oxidation sites excluding steroid dienone is 1. The van der Waals surface area contributed by atoms with Gasteiger partial charge in [-0.2, -0.15) is 13.2 Å². The number of hydrogen-bond acceptors (Lipinski definition) is 4. The Hall–Kier alpha value is -2.31. The molecule has 1 aliphatic rings. The monoisotopic (exact) mass is 355 g/mol. The Balaban J connectivity index is 2.68. The van der Waals surface area contributed by atoms with Gasteiger partial charge in [0.2, 0.25) is 0 Å². The average molecular weight is 355 g/mol. The number of carbonyl (C=O) groups excluding carboxylic acids is 1. The second kappa shape index (κ2) is 6.20. The molecule has 1 unspecified atom stereocenters. The molecule has 25 heavy (non-hydrogen) atoms. The van der Waals surface area contributed by atoms with Crippen molar-refractivity contribution < 1.29 is 27.5 Å². The van der Waals surface area contributed by atoms with Crippen molar-refractivity contribution in [3.8, 4) is 0 Å². The van der Waals surface area contributed by atoms with Gasteiger partial charge in [0, 0.05) is 12.5 Å². The van der Waals surface area contributed by atoms with Crippen LogP contribution in [0.15, 0.2) is 35.5 Å². The summed E-state index contributed by atoms with van der Waals surface area (Å²) in [5.41, 5.74) is -3.00. The number of halogens is 3. The van der Waals surface area contributed by atoms with Crippen LogP contribution in [0.1, 0.15) is 45.7 Å². The highest BCUT2D eigenvalue weighted by atomic mass is 19.4. The Bertz CT molecular complexity index is 745. The van der Waals surface area contributed by atoms with E-state index >= 15 is 0 Å². The van der Waals surface area contributed by atoms with Crippen LogP contribution in [-0.2, 0) is 20.0 Å². The zero-order valence-electron chi connectivity index (χ0n) is 14.7. The van der Waals surface area contributed by atoms with Crippen molar-refractivity contribution in [1.29, 1.82) is 0 Å². The van der Waals surface area contributed by atoms with Crippen molar-refractivity contribution in [2.24, 2.45) is 5.16 Å². The van der Waals surface area contributed by atoms with Crippen molar-refractivity contribution in [3.63, 3.8) is 0 Å². The minimum atomic E-state index is -4.59. The van der Waals surface area contributed by atoms with Gasteiger partial charge in [0.15, 0.2) is 5.60 Å². The van der Waals surface area contributed by atoms with Gasteiger partial charge in [-0.25, -0.2) is 0 Å². The van der Waals surface area contributed by atoms with Gasteiger partial charge in [0.05, 0.1) is 5.57 Å². The van der Waals surface area contributed by atoms with Crippen LogP contribution < -0.4 is 0 Å². The molecule has 0 radical (unpaired) electrons. The van der Waals surface area contributed by atoms with Crippen LogP contribution in [-0.4, -0.2) is 23.5 Å². The third kappa shape index (κ3) is 3.86. The molecule has 2 rings (SSSR count). The maximum Gasteiger partial charge on any atom is 0.416 e. The summed E-state index contributed by atoms with van der Waals surface area (Å²) >= 11 is 0. The highest BCUT2D eigenvalue weighted by Crippen LogP contribution is 2.48. The van der Waals surface area contributed by atoms with Gasteiger partial charge >= 0.3 is 12.1 Å². The Morgan fingerprint density at radius 3 is 2.24 bits per heavy atom. The Morgan fingerprint density at radius 2 is 1.72 bits per heavy atom. The standard InChI is InChI=1S/C18H20F3NO3/c1-11(22-25-16(3,4)5)17(24-12(2)23)10-15(18(19,20)21)13-8-6-7-9-14(13)17/h6-10H,1-5H3/b22-11+. The number of nitrogens with zero attached hydrogens (tertiary/aromatic N) is 1. The predicted octanol–water partition coefficient (Wildman–Crippen LogP) is 4.60. The molecule has 7 heteroatoms. The first-order valence-electron chi connectivity index (χ1n) is 7.69. The fourth-order valence-corrected chi connectivity index (χ4v) is 2.59. The molecule has 0 fully saturated rings. The van der Waals surface area contributed by atoms with Crippen LogP contribution in [0.25, 0.3) is 5.57 Å². The zero-order chi connectivity index (χ0) is 19.0. The molecule has 1 aliphatic carbocycles. The van der Waals surface area contributed by atoms with Gasteiger partial charge < -0.3 is 9.57 Å². The molecule has 0 spiro atoms. The Kier molecular flexibility index (Phi) is 4.72. The average Bonchev–Trinajstić information content (AvgIpc) is 2.79. The summed E-state index contributed by atoms with van der Waals surface area (Å²) in [6, 6.07) is 5.92. The summed E-state index contributed by atoms with van der Waals surface area (Å²) in [6.07, 6.45) is -3.70. The van der Waals surface area contributed by atoms with Crippen LogP contribution in [0.2, 0.25) is 0 Å². The molecule has 0 aliphatic heterocycles. The minimum Gasteiger partial charge on any atom is -0.444 e. The molecular formula is C18H20F3NO3. The van der Waals surface area contributed by atoms with E-state index in [1.807, 2.05) is 0 Å². The van der Waals surface area contributed by atoms with E-state index in [0.717, 1.165) is 13.0 Å². The van der Waals surface area contributed by atoms with Gasteiger partial charge in [0.1, 0.15) is 11.3 Å². The van der Waals surface area contributed by atoms with E-state index in [2.05, 4.69) is 5.16 Å². The quantitative estimate of drug-likeness (QED) is 0.452. The maximum atomic E-state index is 13.5. The van der Waals surface area contributed by atoms with Crippen molar-refractivity contribution in [2.45, 2.75) is 52.0 Å². The number of benzene rings is 1. The van der Waals surface area contributed by atoms with E-state index in [-0.39, 0.29) is 16.8 Å². The SMILES string of the molecule is CC(=O)OC1(/C(C)=N/OC(C)(C)C)C=C(C(F)(F)F)c2ccccc21. The van der Waals surface area contributed by atoms with E-state index in [0.29, 0.717) is 0 Å². The van der Waals surface area contributed by atoms with Crippen LogP contribution in [0.5, 0.6) is 0 Å². The second-order valence-corrected chi connectivity index (χ2v) is 6.81. The van der Waals surface area contributed by atoms with E-state index in [9.17, 15) is 18.0 Å². The van der Waals surface area contributed by atoms with Crippen LogP contribution in [0.3, 0.4) is 0 Å². The summed E-state index contributed by atoms with van der Waals surface area (Å²) in [5.74, 6) is -0.722. The number of fused-ring (bicyclic) bond motifs is 1. The molecule has 1 aromatic carbocycles. The van der Waals surface area contributed by atoms with Gasteiger partial charge in [-0.05, 0) is 39.3 Å².